The lowest BCUT2D eigenvalue weighted by atomic mass is 10.1. The second-order valence-corrected chi connectivity index (χ2v) is 6.93. The van der Waals surface area contributed by atoms with Crippen molar-refractivity contribution in [2.75, 3.05) is 16.9 Å². The van der Waals surface area contributed by atoms with E-state index in [2.05, 4.69) is 20.6 Å². The topological polar surface area (TPSA) is 110 Å². The highest BCUT2D eigenvalue weighted by molar-refractivity contribution is 6.38. The number of para-hydroxylation sites is 1. The molecule has 1 aliphatic rings. The van der Waals surface area contributed by atoms with Crippen LogP contribution in [-0.4, -0.2) is 40.4 Å². The summed E-state index contributed by atoms with van der Waals surface area (Å²) in [4.78, 5) is 25.5. The van der Waals surface area contributed by atoms with Crippen LogP contribution >= 0.6 is 0 Å². The van der Waals surface area contributed by atoms with E-state index in [1.165, 1.54) is 6.39 Å². The number of amides is 1. The minimum Gasteiger partial charge on any atom is -0.461 e. The van der Waals surface area contributed by atoms with Crippen molar-refractivity contribution in [3.8, 4) is 11.5 Å². The van der Waals surface area contributed by atoms with Gasteiger partial charge in [-0.2, -0.15) is 5.10 Å². The van der Waals surface area contributed by atoms with Gasteiger partial charge in [0.05, 0.1) is 12.3 Å². The van der Waals surface area contributed by atoms with Crippen LogP contribution in [0.1, 0.15) is 18.9 Å². The van der Waals surface area contributed by atoms with E-state index < -0.39 is 12.0 Å². The molecule has 0 saturated carbocycles. The van der Waals surface area contributed by atoms with Gasteiger partial charge < -0.3 is 14.5 Å². The van der Waals surface area contributed by atoms with Crippen molar-refractivity contribution in [2.45, 2.75) is 26.3 Å². The summed E-state index contributed by atoms with van der Waals surface area (Å²) in [6.07, 6.45) is 1.39. The number of nitrogens with one attached hydrogen (secondary N) is 1. The predicted octanol–water partition coefficient (Wildman–Crippen LogP) is 3.18. The number of rotatable bonds is 6. The first-order chi connectivity index (χ1) is 15.1. The van der Waals surface area contributed by atoms with Crippen LogP contribution in [-0.2, 0) is 14.3 Å². The van der Waals surface area contributed by atoms with E-state index in [9.17, 15) is 9.59 Å². The molecule has 1 unspecified atom stereocenters. The number of carbonyl (C=O) groups excluding carboxylic acids is 2. The molecular formula is C22H21N5O4. The lowest BCUT2D eigenvalue weighted by molar-refractivity contribution is -0.135. The molecule has 31 heavy (non-hydrogen) atoms. The summed E-state index contributed by atoms with van der Waals surface area (Å²) in [6, 6.07) is 14.0. The van der Waals surface area contributed by atoms with Gasteiger partial charge in [0.15, 0.2) is 0 Å². The molecule has 9 heteroatoms. The van der Waals surface area contributed by atoms with Crippen LogP contribution in [0.15, 0.2) is 64.4 Å². The summed E-state index contributed by atoms with van der Waals surface area (Å²) >= 11 is 0. The SMILES string of the molecule is CCOC(=O)C1=NN(c2ccccc2)C(C(=O)Nc2cc(-c3nnco3)ccc2C)C1. The standard InChI is InChI=1S/C22H21N5O4/c1-3-30-22(29)18-12-19(27(26-18)16-7-5-4-6-8-16)20(28)24-17-11-15(10-9-14(17)2)21-25-23-13-31-21/h4-11,13,19H,3,12H2,1-2H3,(H,24,28). The molecule has 1 atom stereocenters. The van der Waals surface area contributed by atoms with Crippen molar-refractivity contribution in [1.82, 2.24) is 10.2 Å². The predicted molar refractivity (Wildman–Crippen MR) is 114 cm³/mol. The third-order valence-corrected chi connectivity index (χ3v) is 4.85. The highest BCUT2D eigenvalue weighted by atomic mass is 16.5. The van der Waals surface area contributed by atoms with Gasteiger partial charge in [0, 0.05) is 17.7 Å². The zero-order valence-corrected chi connectivity index (χ0v) is 17.1. The Morgan fingerprint density at radius 3 is 2.74 bits per heavy atom. The van der Waals surface area contributed by atoms with Gasteiger partial charge in [-0.25, -0.2) is 4.79 Å². The van der Waals surface area contributed by atoms with E-state index >= 15 is 0 Å². The minimum atomic E-state index is -0.701. The van der Waals surface area contributed by atoms with Crippen LogP contribution in [0.5, 0.6) is 0 Å². The highest BCUT2D eigenvalue weighted by Gasteiger charge is 2.37. The molecule has 3 aromatic rings. The van der Waals surface area contributed by atoms with Gasteiger partial charge in [-0.3, -0.25) is 9.80 Å². The molecule has 4 rings (SSSR count). The zero-order chi connectivity index (χ0) is 21.8. The fourth-order valence-electron chi connectivity index (χ4n) is 3.28. The molecule has 1 N–H and O–H groups in total. The van der Waals surface area contributed by atoms with Crippen molar-refractivity contribution < 1.29 is 18.7 Å². The second-order valence-electron chi connectivity index (χ2n) is 6.93. The molecule has 0 aliphatic carbocycles. The van der Waals surface area contributed by atoms with E-state index in [0.29, 0.717) is 22.8 Å². The normalized spacial score (nSPS) is 15.5. The number of nitrogens with zero attached hydrogens (tertiary/aromatic N) is 4. The largest absolute Gasteiger partial charge is 0.461 e. The number of hydrogen-bond acceptors (Lipinski definition) is 8. The average molecular weight is 419 g/mol. The number of carbonyl (C=O) groups is 2. The van der Waals surface area contributed by atoms with Gasteiger partial charge in [-0.1, -0.05) is 24.3 Å². The quantitative estimate of drug-likeness (QED) is 0.611. The third kappa shape index (κ3) is 4.30. The molecule has 0 saturated heterocycles. The molecular weight excluding hydrogens is 398 g/mol. The maximum Gasteiger partial charge on any atom is 0.354 e. The van der Waals surface area contributed by atoms with E-state index in [1.807, 2.05) is 49.4 Å². The maximum absolute atomic E-state index is 13.2. The van der Waals surface area contributed by atoms with Crippen LogP contribution < -0.4 is 10.3 Å². The number of anilines is 2. The van der Waals surface area contributed by atoms with E-state index in [-0.39, 0.29) is 24.6 Å². The summed E-state index contributed by atoms with van der Waals surface area (Å²) in [5.74, 6) is -0.457. The van der Waals surface area contributed by atoms with Crippen molar-refractivity contribution in [1.29, 1.82) is 0 Å². The first-order valence-electron chi connectivity index (χ1n) is 9.83. The summed E-state index contributed by atoms with van der Waals surface area (Å²) < 4.78 is 10.3. The number of esters is 1. The van der Waals surface area contributed by atoms with Gasteiger partial charge in [-0.05, 0) is 43.7 Å². The number of ether oxygens (including phenoxy) is 1. The fourth-order valence-corrected chi connectivity index (χ4v) is 3.28. The Balaban J connectivity index is 1.60. The molecule has 2 heterocycles. The first-order valence-corrected chi connectivity index (χ1v) is 9.83. The second kappa shape index (κ2) is 8.78. The van der Waals surface area contributed by atoms with Crippen LogP contribution in [0, 0.1) is 6.92 Å². The monoisotopic (exact) mass is 419 g/mol. The lowest BCUT2D eigenvalue weighted by Crippen LogP contribution is -2.39. The van der Waals surface area contributed by atoms with Crippen LogP contribution in [0.2, 0.25) is 0 Å². The third-order valence-electron chi connectivity index (χ3n) is 4.85. The summed E-state index contributed by atoms with van der Waals surface area (Å²) in [6.45, 7) is 3.85. The van der Waals surface area contributed by atoms with E-state index in [4.69, 9.17) is 9.15 Å². The number of hydrazone groups is 1. The molecule has 9 nitrogen and oxygen atoms in total. The van der Waals surface area contributed by atoms with Crippen LogP contribution in [0.3, 0.4) is 0 Å². The number of aromatic nitrogens is 2. The van der Waals surface area contributed by atoms with Crippen molar-refractivity contribution in [3.63, 3.8) is 0 Å². The number of benzene rings is 2. The molecule has 2 aromatic carbocycles. The van der Waals surface area contributed by atoms with Crippen LogP contribution in [0.25, 0.3) is 11.5 Å². The molecule has 1 aromatic heterocycles. The molecule has 1 amide bonds. The highest BCUT2D eigenvalue weighted by Crippen LogP contribution is 2.28. The Morgan fingerprint density at radius 1 is 1.23 bits per heavy atom. The van der Waals surface area contributed by atoms with Crippen molar-refractivity contribution in [2.24, 2.45) is 5.10 Å². The molecule has 0 fully saturated rings. The summed E-state index contributed by atoms with van der Waals surface area (Å²) in [5.41, 5.74) is 3.08. The van der Waals surface area contributed by atoms with Gasteiger partial charge in [0.25, 0.3) is 0 Å². The minimum absolute atomic E-state index is 0.141. The van der Waals surface area contributed by atoms with Crippen molar-refractivity contribution >= 4 is 29.0 Å². The Morgan fingerprint density at radius 2 is 2.03 bits per heavy atom. The van der Waals surface area contributed by atoms with Gasteiger partial charge in [0.2, 0.25) is 18.2 Å². The van der Waals surface area contributed by atoms with E-state index in [1.54, 1.807) is 18.0 Å². The fraction of sp³-hybridized carbons (Fsp3) is 0.227. The van der Waals surface area contributed by atoms with Gasteiger partial charge >= 0.3 is 5.97 Å². The zero-order valence-electron chi connectivity index (χ0n) is 17.1. The Kier molecular flexibility index (Phi) is 5.74. The Labute approximate surface area is 178 Å². The molecule has 0 radical (unpaired) electrons. The lowest BCUT2D eigenvalue weighted by Gasteiger charge is -2.23. The first kappa shape index (κ1) is 20.3. The average Bonchev–Trinajstić information content (AvgIpc) is 3.47. The van der Waals surface area contributed by atoms with Crippen molar-refractivity contribution in [3.05, 3.63) is 60.5 Å². The molecule has 0 bridgehead atoms. The Hall–Kier alpha value is -4.01. The Bertz CT molecular complexity index is 1110. The van der Waals surface area contributed by atoms with Gasteiger partial charge in [0.1, 0.15) is 11.8 Å². The summed E-state index contributed by atoms with van der Waals surface area (Å²) in [7, 11) is 0. The number of aryl methyl sites for hydroxylation is 1. The molecule has 0 spiro atoms. The maximum atomic E-state index is 13.2. The smallest absolute Gasteiger partial charge is 0.354 e. The van der Waals surface area contributed by atoms with E-state index in [0.717, 1.165) is 5.56 Å². The number of hydrogen-bond donors (Lipinski definition) is 1. The van der Waals surface area contributed by atoms with Crippen LogP contribution in [0.4, 0.5) is 11.4 Å². The van der Waals surface area contributed by atoms with Gasteiger partial charge in [-0.15, -0.1) is 10.2 Å². The summed E-state index contributed by atoms with van der Waals surface area (Å²) in [5, 5.41) is 16.5. The molecule has 158 valence electrons. The molecule has 1 aliphatic heterocycles.